The maximum atomic E-state index is 10.4. The Bertz CT molecular complexity index is 495. The molecular weight excluding hydrogens is 240 g/mol. The Hall–Kier alpha value is -1.22. The summed E-state index contributed by atoms with van der Waals surface area (Å²) in [5, 5.41) is 10.4. The number of hydrogen-bond donors (Lipinski definition) is 1. The second kappa shape index (κ2) is 4.14. The Morgan fingerprint density at radius 3 is 2.74 bits per heavy atom. The van der Waals surface area contributed by atoms with Crippen molar-refractivity contribution in [1.82, 2.24) is 0 Å². The molecule has 3 nitrogen and oxygen atoms in total. The third kappa shape index (κ3) is 2.20. The van der Waals surface area contributed by atoms with E-state index in [-0.39, 0.29) is 5.60 Å². The van der Waals surface area contributed by atoms with Gasteiger partial charge in [0, 0.05) is 18.1 Å². The molecule has 0 saturated heterocycles. The van der Waals surface area contributed by atoms with Crippen molar-refractivity contribution in [3.63, 3.8) is 0 Å². The molecule has 3 rings (SSSR count). The number of fused-ring (bicyclic) bond motifs is 1. The van der Waals surface area contributed by atoms with Gasteiger partial charge in [0.2, 0.25) is 0 Å². The van der Waals surface area contributed by atoms with Crippen LogP contribution in [0, 0.1) is 5.41 Å². The Labute approximate surface area is 114 Å². The highest BCUT2D eigenvalue weighted by molar-refractivity contribution is 5.44. The second-order valence-corrected chi connectivity index (χ2v) is 6.75. The van der Waals surface area contributed by atoms with Crippen molar-refractivity contribution in [2.24, 2.45) is 5.41 Å². The standard InChI is InChI=1S/C16H22O3/c1-15(2)6-7-16(10-15)9-13(17)12-5-4-11(18-3)8-14(12)19-16/h4-5,8,13,17H,6-7,9-10H2,1-3H3/t13-,16?/m0/s1. The molecule has 0 radical (unpaired) electrons. The topological polar surface area (TPSA) is 38.7 Å². The van der Waals surface area contributed by atoms with Crippen molar-refractivity contribution >= 4 is 0 Å². The number of hydrogen-bond acceptors (Lipinski definition) is 3. The number of rotatable bonds is 1. The highest BCUT2D eigenvalue weighted by atomic mass is 16.5. The first kappa shape index (κ1) is 12.8. The fourth-order valence-electron chi connectivity index (χ4n) is 3.62. The van der Waals surface area contributed by atoms with E-state index in [1.807, 2.05) is 18.2 Å². The number of ether oxygens (including phenoxy) is 2. The highest BCUT2D eigenvalue weighted by Gasteiger charge is 2.49. The largest absolute Gasteiger partial charge is 0.497 e. The summed E-state index contributed by atoms with van der Waals surface area (Å²) in [6.45, 7) is 4.55. The normalized spacial score (nSPS) is 31.9. The van der Waals surface area contributed by atoms with Crippen LogP contribution >= 0.6 is 0 Å². The third-order valence-electron chi connectivity index (χ3n) is 4.53. The first-order valence-corrected chi connectivity index (χ1v) is 6.98. The van der Waals surface area contributed by atoms with E-state index in [0.717, 1.165) is 36.3 Å². The van der Waals surface area contributed by atoms with Gasteiger partial charge in [-0.2, -0.15) is 0 Å². The van der Waals surface area contributed by atoms with Crippen LogP contribution in [0.3, 0.4) is 0 Å². The van der Waals surface area contributed by atoms with Gasteiger partial charge in [-0.25, -0.2) is 0 Å². The van der Waals surface area contributed by atoms with E-state index in [9.17, 15) is 5.11 Å². The van der Waals surface area contributed by atoms with Crippen LogP contribution in [0.1, 0.15) is 51.2 Å². The molecule has 2 atom stereocenters. The first-order valence-electron chi connectivity index (χ1n) is 6.98. The predicted octanol–water partition coefficient (Wildman–Crippen LogP) is 3.46. The Morgan fingerprint density at radius 1 is 1.32 bits per heavy atom. The van der Waals surface area contributed by atoms with E-state index in [1.165, 1.54) is 0 Å². The lowest BCUT2D eigenvalue weighted by atomic mass is 9.83. The summed E-state index contributed by atoms with van der Waals surface area (Å²) in [7, 11) is 1.65. The van der Waals surface area contributed by atoms with E-state index in [2.05, 4.69) is 13.8 Å². The molecule has 1 heterocycles. The van der Waals surface area contributed by atoms with Crippen molar-refractivity contribution < 1.29 is 14.6 Å². The zero-order valence-electron chi connectivity index (χ0n) is 11.9. The summed E-state index contributed by atoms with van der Waals surface area (Å²) < 4.78 is 11.5. The summed E-state index contributed by atoms with van der Waals surface area (Å²) in [5.74, 6) is 1.57. The van der Waals surface area contributed by atoms with Gasteiger partial charge in [0.15, 0.2) is 0 Å². The maximum Gasteiger partial charge on any atom is 0.129 e. The molecule has 19 heavy (non-hydrogen) atoms. The Balaban J connectivity index is 1.95. The van der Waals surface area contributed by atoms with Gasteiger partial charge < -0.3 is 14.6 Å². The van der Waals surface area contributed by atoms with Gasteiger partial charge in [-0.05, 0) is 36.8 Å². The van der Waals surface area contributed by atoms with Crippen molar-refractivity contribution in [3.05, 3.63) is 23.8 Å². The van der Waals surface area contributed by atoms with Crippen LogP contribution in [0.15, 0.2) is 18.2 Å². The van der Waals surface area contributed by atoms with Gasteiger partial charge >= 0.3 is 0 Å². The van der Waals surface area contributed by atoms with Gasteiger partial charge in [-0.15, -0.1) is 0 Å². The van der Waals surface area contributed by atoms with Gasteiger partial charge in [0.05, 0.1) is 13.2 Å². The molecule has 1 fully saturated rings. The molecule has 3 heteroatoms. The van der Waals surface area contributed by atoms with Crippen LogP contribution < -0.4 is 9.47 Å². The summed E-state index contributed by atoms with van der Waals surface area (Å²) in [6.07, 6.45) is 3.46. The average molecular weight is 262 g/mol. The van der Waals surface area contributed by atoms with Crippen LogP contribution in [0.5, 0.6) is 11.5 Å². The Morgan fingerprint density at radius 2 is 2.11 bits per heavy atom. The molecule has 104 valence electrons. The fourth-order valence-corrected chi connectivity index (χ4v) is 3.62. The molecule has 0 amide bonds. The molecule has 1 aliphatic heterocycles. The predicted molar refractivity (Wildman–Crippen MR) is 73.6 cm³/mol. The lowest BCUT2D eigenvalue weighted by molar-refractivity contribution is -0.0156. The van der Waals surface area contributed by atoms with Crippen molar-refractivity contribution in [3.8, 4) is 11.5 Å². The first-order chi connectivity index (χ1) is 8.93. The van der Waals surface area contributed by atoms with E-state index in [0.29, 0.717) is 11.8 Å². The molecule has 1 aromatic rings. The number of aliphatic hydroxyl groups is 1. The average Bonchev–Trinajstić information content (AvgIpc) is 2.63. The molecule has 1 saturated carbocycles. The molecule has 1 spiro atoms. The molecule has 1 N–H and O–H groups in total. The zero-order chi connectivity index (χ0) is 13.7. The van der Waals surface area contributed by atoms with Crippen molar-refractivity contribution in [1.29, 1.82) is 0 Å². The summed E-state index contributed by atoms with van der Waals surface area (Å²) in [5.41, 5.74) is 0.995. The van der Waals surface area contributed by atoms with Gasteiger partial charge in [-0.1, -0.05) is 13.8 Å². The molecule has 1 aliphatic carbocycles. The van der Waals surface area contributed by atoms with Crippen LogP contribution in [0.25, 0.3) is 0 Å². The van der Waals surface area contributed by atoms with Crippen LogP contribution in [0.2, 0.25) is 0 Å². The maximum absolute atomic E-state index is 10.4. The number of benzene rings is 1. The number of aliphatic hydroxyl groups excluding tert-OH is 1. The van der Waals surface area contributed by atoms with Crippen LogP contribution in [-0.2, 0) is 0 Å². The van der Waals surface area contributed by atoms with Crippen LogP contribution in [-0.4, -0.2) is 17.8 Å². The minimum atomic E-state index is -0.427. The minimum absolute atomic E-state index is 0.192. The van der Waals surface area contributed by atoms with E-state index >= 15 is 0 Å². The monoisotopic (exact) mass is 262 g/mol. The smallest absolute Gasteiger partial charge is 0.129 e. The van der Waals surface area contributed by atoms with Crippen molar-refractivity contribution in [2.45, 2.75) is 51.2 Å². The fraction of sp³-hybridized carbons (Fsp3) is 0.625. The third-order valence-corrected chi connectivity index (χ3v) is 4.53. The summed E-state index contributed by atoms with van der Waals surface area (Å²) in [6, 6.07) is 5.68. The van der Waals surface area contributed by atoms with Gasteiger partial charge in [-0.3, -0.25) is 0 Å². The molecular formula is C16H22O3. The van der Waals surface area contributed by atoms with Gasteiger partial charge in [0.25, 0.3) is 0 Å². The second-order valence-electron chi connectivity index (χ2n) is 6.75. The molecule has 1 unspecified atom stereocenters. The van der Waals surface area contributed by atoms with E-state index in [4.69, 9.17) is 9.47 Å². The zero-order valence-corrected chi connectivity index (χ0v) is 11.9. The summed E-state index contributed by atoms with van der Waals surface area (Å²) >= 11 is 0. The van der Waals surface area contributed by atoms with Crippen molar-refractivity contribution in [2.75, 3.05) is 7.11 Å². The minimum Gasteiger partial charge on any atom is -0.497 e. The van der Waals surface area contributed by atoms with Crippen LogP contribution in [0.4, 0.5) is 0 Å². The summed E-state index contributed by atoms with van der Waals surface area (Å²) in [4.78, 5) is 0. The highest BCUT2D eigenvalue weighted by Crippen LogP contribution is 2.53. The molecule has 0 aromatic heterocycles. The van der Waals surface area contributed by atoms with Gasteiger partial charge in [0.1, 0.15) is 17.1 Å². The van der Waals surface area contributed by atoms with E-state index in [1.54, 1.807) is 7.11 Å². The number of methoxy groups -OCH3 is 1. The lowest BCUT2D eigenvalue weighted by Crippen LogP contribution is -2.39. The van der Waals surface area contributed by atoms with E-state index < -0.39 is 6.10 Å². The molecule has 1 aromatic carbocycles. The molecule has 2 aliphatic rings. The SMILES string of the molecule is COc1ccc2c(c1)OC1(CCC(C)(C)C1)C[C@@H]2O. The Kier molecular flexibility index (Phi) is 2.79. The quantitative estimate of drug-likeness (QED) is 0.842. The lowest BCUT2D eigenvalue weighted by Gasteiger charge is -2.39. The molecule has 0 bridgehead atoms.